The SMILES string of the molecule is CC(C)(C)S(=O)(=O)CC(=O)Nc1ccc(CC(=O)O)cc1. The molecule has 7 heteroatoms. The highest BCUT2D eigenvalue weighted by Crippen LogP contribution is 2.17. The van der Waals surface area contributed by atoms with Crippen molar-refractivity contribution in [1.82, 2.24) is 0 Å². The summed E-state index contributed by atoms with van der Waals surface area (Å²) in [5.41, 5.74) is 1.03. The van der Waals surface area contributed by atoms with Gasteiger partial charge in [-0.05, 0) is 38.5 Å². The van der Waals surface area contributed by atoms with Crippen molar-refractivity contribution in [2.75, 3.05) is 11.1 Å². The number of nitrogens with one attached hydrogen (secondary N) is 1. The van der Waals surface area contributed by atoms with Crippen LogP contribution in [-0.2, 0) is 25.8 Å². The lowest BCUT2D eigenvalue weighted by atomic mass is 10.1. The second-order valence-electron chi connectivity index (χ2n) is 5.69. The van der Waals surface area contributed by atoms with Crippen molar-refractivity contribution in [2.24, 2.45) is 0 Å². The van der Waals surface area contributed by atoms with Crippen molar-refractivity contribution < 1.29 is 23.1 Å². The number of sulfone groups is 1. The molecule has 1 rings (SSSR count). The van der Waals surface area contributed by atoms with Gasteiger partial charge in [0.25, 0.3) is 0 Å². The minimum absolute atomic E-state index is 0.105. The highest BCUT2D eigenvalue weighted by Gasteiger charge is 2.31. The van der Waals surface area contributed by atoms with E-state index in [0.29, 0.717) is 11.3 Å². The third-order valence-electron chi connectivity index (χ3n) is 2.85. The average Bonchev–Trinajstić information content (AvgIpc) is 2.28. The van der Waals surface area contributed by atoms with Crippen LogP contribution in [0.4, 0.5) is 5.69 Å². The number of hydrogen-bond donors (Lipinski definition) is 2. The van der Waals surface area contributed by atoms with Crippen molar-refractivity contribution >= 4 is 27.4 Å². The van der Waals surface area contributed by atoms with Crippen LogP contribution in [0.15, 0.2) is 24.3 Å². The van der Waals surface area contributed by atoms with Crippen LogP contribution in [0.2, 0.25) is 0 Å². The highest BCUT2D eigenvalue weighted by molar-refractivity contribution is 7.93. The van der Waals surface area contributed by atoms with Crippen molar-refractivity contribution in [3.8, 4) is 0 Å². The van der Waals surface area contributed by atoms with E-state index in [2.05, 4.69) is 5.32 Å². The second kappa shape index (κ2) is 6.26. The van der Waals surface area contributed by atoms with Crippen LogP contribution < -0.4 is 5.32 Å². The molecule has 0 saturated carbocycles. The normalized spacial score (nSPS) is 12.0. The van der Waals surface area contributed by atoms with E-state index in [1.54, 1.807) is 24.3 Å². The Morgan fingerprint density at radius 2 is 1.67 bits per heavy atom. The first-order chi connectivity index (χ1) is 9.51. The van der Waals surface area contributed by atoms with Crippen LogP contribution in [0.1, 0.15) is 26.3 Å². The number of hydrogen-bond acceptors (Lipinski definition) is 4. The Kier molecular flexibility index (Phi) is 5.11. The number of carboxylic acid groups (broad SMARTS) is 1. The lowest BCUT2D eigenvalue weighted by Crippen LogP contribution is -2.35. The Morgan fingerprint density at radius 3 is 2.10 bits per heavy atom. The quantitative estimate of drug-likeness (QED) is 0.857. The van der Waals surface area contributed by atoms with Crippen LogP contribution in [0.3, 0.4) is 0 Å². The van der Waals surface area contributed by atoms with Gasteiger partial charge in [0.15, 0.2) is 9.84 Å². The molecule has 21 heavy (non-hydrogen) atoms. The molecule has 0 spiro atoms. The molecule has 0 saturated heterocycles. The lowest BCUT2D eigenvalue weighted by Gasteiger charge is -2.18. The molecule has 0 aromatic heterocycles. The Hall–Kier alpha value is -1.89. The molecule has 0 aliphatic carbocycles. The molecule has 2 N–H and O–H groups in total. The number of carboxylic acids is 1. The summed E-state index contributed by atoms with van der Waals surface area (Å²) in [4.78, 5) is 22.3. The van der Waals surface area contributed by atoms with Gasteiger partial charge in [-0.3, -0.25) is 9.59 Å². The molecule has 0 bridgehead atoms. The van der Waals surface area contributed by atoms with Crippen molar-refractivity contribution in [3.63, 3.8) is 0 Å². The molecule has 1 aromatic rings. The summed E-state index contributed by atoms with van der Waals surface area (Å²) in [5.74, 6) is -2.15. The van der Waals surface area contributed by atoms with Crippen LogP contribution in [-0.4, -0.2) is 35.9 Å². The van der Waals surface area contributed by atoms with Crippen LogP contribution in [0, 0.1) is 0 Å². The van der Waals surface area contributed by atoms with Gasteiger partial charge in [-0.25, -0.2) is 8.42 Å². The lowest BCUT2D eigenvalue weighted by molar-refractivity contribution is -0.136. The molecular weight excluding hydrogens is 294 g/mol. The Labute approximate surface area is 124 Å². The molecule has 0 unspecified atom stereocenters. The molecule has 0 aliphatic heterocycles. The van der Waals surface area contributed by atoms with Gasteiger partial charge in [-0.2, -0.15) is 0 Å². The maximum Gasteiger partial charge on any atom is 0.307 e. The van der Waals surface area contributed by atoms with E-state index in [1.807, 2.05) is 0 Å². The molecule has 1 aromatic carbocycles. The molecule has 6 nitrogen and oxygen atoms in total. The van der Waals surface area contributed by atoms with Gasteiger partial charge in [0.05, 0.1) is 11.2 Å². The number of carbonyl (C=O) groups is 2. The summed E-state index contributed by atoms with van der Waals surface area (Å²) in [6, 6.07) is 6.23. The molecule has 0 fully saturated rings. The number of benzene rings is 1. The van der Waals surface area contributed by atoms with E-state index in [9.17, 15) is 18.0 Å². The summed E-state index contributed by atoms with van der Waals surface area (Å²) >= 11 is 0. The van der Waals surface area contributed by atoms with E-state index >= 15 is 0 Å². The summed E-state index contributed by atoms with van der Waals surface area (Å²) < 4.78 is 22.8. The third kappa shape index (κ3) is 5.18. The van der Waals surface area contributed by atoms with Crippen molar-refractivity contribution in [2.45, 2.75) is 31.9 Å². The minimum atomic E-state index is -3.53. The van der Waals surface area contributed by atoms with Gasteiger partial charge in [0.1, 0.15) is 5.75 Å². The van der Waals surface area contributed by atoms with Crippen LogP contribution >= 0.6 is 0 Å². The first-order valence-electron chi connectivity index (χ1n) is 6.34. The van der Waals surface area contributed by atoms with Gasteiger partial charge < -0.3 is 10.4 Å². The van der Waals surface area contributed by atoms with Crippen LogP contribution in [0.25, 0.3) is 0 Å². The maximum absolute atomic E-state index is 11.9. The fourth-order valence-corrected chi connectivity index (χ4v) is 2.32. The van der Waals surface area contributed by atoms with Gasteiger partial charge >= 0.3 is 5.97 Å². The van der Waals surface area contributed by atoms with E-state index in [0.717, 1.165) is 0 Å². The van der Waals surface area contributed by atoms with Crippen LogP contribution in [0.5, 0.6) is 0 Å². The summed E-state index contributed by atoms with van der Waals surface area (Å²) in [6.07, 6.45) is -0.105. The summed E-state index contributed by atoms with van der Waals surface area (Å²) in [7, 11) is -3.53. The minimum Gasteiger partial charge on any atom is -0.481 e. The van der Waals surface area contributed by atoms with Crippen molar-refractivity contribution in [1.29, 1.82) is 0 Å². The monoisotopic (exact) mass is 313 g/mol. The van der Waals surface area contributed by atoms with Gasteiger partial charge in [0, 0.05) is 5.69 Å². The highest BCUT2D eigenvalue weighted by atomic mass is 32.2. The standard InChI is InChI=1S/C14H19NO5S/c1-14(2,3)21(19,20)9-12(16)15-11-6-4-10(5-7-11)8-13(17)18/h4-7H,8-9H2,1-3H3,(H,15,16)(H,17,18). The molecule has 116 valence electrons. The Balaban J connectivity index is 2.70. The molecular formula is C14H19NO5S. The molecule has 1 amide bonds. The smallest absolute Gasteiger partial charge is 0.307 e. The van der Waals surface area contributed by atoms with E-state index < -0.39 is 32.2 Å². The van der Waals surface area contributed by atoms with E-state index in [4.69, 9.17) is 5.11 Å². The van der Waals surface area contributed by atoms with Gasteiger partial charge in [0.2, 0.25) is 5.91 Å². The summed E-state index contributed by atoms with van der Waals surface area (Å²) in [6.45, 7) is 4.61. The van der Waals surface area contributed by atoms with Gasteiger partial charge in [-0.1, -0.05) is 12.1 Å². The first kappa shape index (κ1) is 17.2. The Morgan fingerprint density at radius 1 is 1.14 bits per heavy atom. The summed E-state index contributed by atoms with van der Waals surface area (Å²) in [5, 5.41) is 11.1. The predicted molar refractivity (Wildman–Crippen MR) is 80.0 cm³/mol. The molecule has 0 atom stereocenters. The van der Waals surface area contributed by atoms with E-state index in [-0.39, 0.29) is 6.42 Å². The number of carbonyl (C=O) groups excluding carboxylic acids is 1. The maximum atomic E-state index is 11.9. The number of rotatable bonds is 5. The zero-order valence-electron chi connectivity index (χ0n) is 12.2. The van der Waals surface area contributed by atoms with Gasteiger partial charge in [-0.15, -0.1) is 0 Å². The fourth-order valence-electron chi connectivity index (χ4n) is 1.47. The Bertz CT molecular complexity index is 626. The largest absolute Gasteiger partial charge is 0.481 e. The molecule has 0 aliphatic rings. The van der Waals surface area contributed by atoms with Crippen molar-refractivity contribution in [3.05, 3.63) is 29.8 Å². The topological polar surface area (TPSA) is 101 Å². The molecule has 0 heterocycles. The first-order valence-corrected chi connectivity index (χ1v) is 7.99. The predicted octanol–water partition coefficient (Wildman–Crippen LogP) is 1.47. The number of amides is 1. The average molecular weight is 313 g/mol. The number of aliphatic carboxylic acids is 1. The fraction of sp³-hybridized carbons (Fsp3) is 0.429. The second-order valence-corrected chi connectivity index (χ2v) is 8.43. The number of anilines is 1. The zero-order chi connectivity index (χ0) is 16.3. The van der Waals surface area contributed by atoms with E-state index in [1.165, 1.54) is 20.8 Å². The zero-order valence-corrected chi connectivity index (χ0v) is 13.0. The third-order valence-corrected chi connectivity index (χ3v) is 5.36. The molecule has 0 radical (unpaired) electrons.